The number of rotatable bonds is 4. The van der Waals surface area contributed by atoms with Crippen LogP contribution >= 0.6 is 15.9 Å². The average molecular weight is 344 g/mol. The summed E-state index contributed by atoms with van der Waals surface area (Å²) in [6, 6.07) is 4.85. The van der Waals surface area contributed by atoms with Crippen LogP contribution in [0.4, 0.5) is 4.39 Å². The van der Waals surface area contributed by atoms with Crippen molar-refractivity contribution >= 4 is 21.8 Å². The lowest BCUT2D eigenvalue weighted by molar-refractivity contribution is -0.134. The lowest BCUT2D eigenvalue weighted by atomic mass is 10.00. The Bertz CT molecular complexity index is 495. The van der Waals surface area contributed by atoms with Crippen LogP contribution in [-0.2, 0) is 11.2 Å². The Morgan fingerprint density at radius 3 is 2.95 bits per heavy atom. The Labute approximate surface area is 126 Å². The minimum absolute atomic E-state index is 0.112. The summed E-state index contributed by atoms with van der Waals surface area (Å²) in [4.78, 5) is 14.1. The number of aliphatic hydroxyl groups is 1. The van der Waals surface area contributed by atoms with Gasteiger partial charge in [0.1, 0.15) is 5.82 Å². The van der Waals surface area contributed by atoms with E-state index in [1.165, 1.54) is 6.07 Å². The van der Waals surface area contributed by atoms with Crippen molar-refractivity contribution in [2.24, 2.45) is 11.8 Å². The summed E-state index contributed by atoms with van der Waals surface area (Å²) in [5, 5.41) is 9.12. The molecule has 2 rings (SSSR count). The molecule has 2 atom stereocenters. The number of carbonyl (C=O) groups excluding carboxylic acids is 1. The molecule has 0 aromatic heterocycles. The van der Waals surface area contributed by atoms with E-state index in [0.29, 0.717) is 17.4 Å². The van der Waals surface area contributed by atoms with Crippen molar-refractivity contribution in [3.05, 3.63) is 34.1 Å². The molecule has 1 saturated heterocycles. The third-order valence-corrected chi connectivity index (χ3v) is 4.41. The minimum Gasteiger partial charge on any atom is -0.396 e. The third-order valence-electron chi connectivity index (χ3n) is 3.80. The van der Waals surface area contributed by atoms with Gasteiger partial charge in [-0.25, -0.2) is 4.39 Å². The maximum Gasteiger partial charge on any atom is 0.225 e. The summed E-state index contributed by atoms with van der Waals surface area (Å²) in [7, 11) is 0. The van der Waals surface area contributed by atoms with Crippen LogP contribution in [-0.4, -0.2) is 35.6 Å². The minimum atomic E-state index is -0.293. The van der Waals surface area contributed by atoms with Gasteiger partial charge in [-0.05, 0) is 46.5 Å². The molecule has 20 heavy (non-hydrogen) atoms. The molecule has 1 aromatic carbocycles. The lowest BCUT2D eigenvalue weighted by Gasteiger charge is -2.21. The van der Waals surface area contributed by atoms with Crippen molar-refractivity contribution < 1.29 is 14.3 Å². The number of amides is 1. The van der Waals surface area contributed by atoms with Gasteiger partial charge in [-0.3, -0.25) is 4.79 Å². The van der Waals surface area contributed by atoms with Gasteiger partial charge in [0.2, 0.25) is 5.91 Å². The molecule has 3 nitrogen and oxygen atoms in total. The van der Waals surface area contributed by atoms with E-state index in [0.717, 1.165) is 18.5 Å². The topological polar surface area (TPSA) is 40.5 Å². The Kier molecular flexibility index (Phi) is 5.16. The van der Waals surface area contributed by atoms with Crippen molar-refractivity contribution in [3.63, 3.8) is 0 Å². The van der Waals surface area contributed by atoms with Crippen molar-refractivity contribution in [1.82, 2.24) is 4.90 Å². The predicted octanol–water partition coefficient (Wildman–Crippen LogP) is 2.61. The number of likely N-dealkylation sites (tertiary alicyclic amines) is 1. The Morgan fingerprint density at radius 1 is 1.60 bits per heavy atom. The fraction of sp³-hybridized carbons (Fsp3) is 0.533. The number of hydrogen-bond donors (Lipinski definition) is 1. The van der Waals surface area contributed by atoms with E-state index in [1.54, 1.807) is 12.1 Å². The first-order valence-electron chi connectivity index (χ1n) is 6.84. The fourth-order valence-electron chi connectivity index (χ4n) is 2.60. The van der Waals surface area contributed by atoms with E-state index in [1.807, 2.05) is 11.8 Å². The zero-order chi connectivity index (χ0) is 14.7. The highest BCUT2D eigenvalue weighted by molar-refractivity contribution is 9.10. The van der Waals surface area contributed by atoms with E-state index in [-0.39, 0.29) is 30.2 Å². The molecular formula is C15H19BrFNO2. The first-order chi connectivity index (χ1) is 9.51. The molecule has 1 aliphatic rings. The largest absolute Gasteiger partial charge is 0.396 e. The smallest absolute Gasteiger partial charge is 0.225 e. The van der Waals surface area contributed by atoms with Gasteiger partial charge in [0.15, 0.2) is 0 Å². The molecule has 0 radical (unpaired) electrons. The average Bonchev–Trinajstić information content (AvgIpc) is 2.91. The van der Waals surface area contributed by atoms with Crippen LogP contribution in [0.2, 0.25) is 0 Å². The zero-order valence-electron chi connectivity index (χ0n) is 11.5. The molecule has 1 aliphatic heterocycles. The van der Waals surface area contributed by atoms with Gasteiger partial charge in [-0.1, -0.05) is 13.0 Å². The standard InChI is InChI=1S/C15H19BrFNO2/c1-10(6-11-2-3-14(17)13(16)7-11)15(20)18-5-4-12(8-18)9-19/h2-3,7,10,12,19H,4-6,8-9H2,1H3. The van der Waals surface area contributed by atoms with Crippen molar-refractivity contribution in [2.45, 2.75) is 19.8 Å². The van der Waals surface area contributed by atoms with Crippen LogP contribution in [0.5, 0.6) is 0 Å². The second-order valence-electron chi connectivity index (χ2n) is 5.48. The van der Waals surface area contributed by atoms with Crippen LogP contribution < -0.4 is 0 Å². The molecule has 0 aliphatic carbocycles. The summed E-state index contributed by atoms with van der Waals surface area (Å²) in [5.41, 5.74) is 0.942. The molecule has 1 aromatic rings. The number of benzene rings is 1. The summed E-state index contributed by atoms with van der Waals surface area (Å²) in [6.45, 7) is 3.41. The van der Waals surface area contributed by atoms with E-state index in [2.05, 4.69) is 15.9 Å². The zero-order valence-corrected chi connectivity index (χ0v) is 13.1. The van der Waals surface area contributed by atoms with E-state index >= 15 is 0 Å². The summed E-state index contributed by atoms with van der Waals surface area (Å²) < 4.78 is 13.6. The Morgan fingerprint density at radius 2 is 2.35 bits per heavy atom. The maximum absolute atomic E-state index is 13.2. The summed E-state index contributed by atoms with van der Waals surface area (Å²) >= 11 is 3.16. The van der Waals surface area contributed by atoms with Crippen LogP contribution in [0.15, 0.2) is 22.7 Å². The number of halogens is 2. The third kappa shape index (κ3) is 3.58. The quantitative estimate of drug-likeness (QED) is 0.912. The highest BCUT2D eigenvalue weighted by Crippen LogP contribution is 2.22. The summed E-state index contributed by atoms with van der Waals surface area (Å²) in [6.07, 6.45) is 1.47. The Hall–Kier alpha value is -0.940. The van der Waals surface area contributed by atoms with Crippen molar-refractivity contribution in [2.75, 3.05) is 19.7 Å². The molecule has 0 saturated carbocycles. The molecule has 1 N–H and O–H groups in total. The molecule has 0 spiro atoms. The van der Waals surface area contributed by atoms with E-state index in [4.69, 9.17) is 5.11 Å². The van der Waals surface area contributed by atoms with Gasteiger partial charge in [0.05, 0.1) is 4.47 Å². The van der Waals surface area contributed by atoms with Crippen molar-refractivity contribution in [1.29, 1.82) is 0 Å². The van der Waals surface area contributed by atoms with Gasteiger partial charge >= 0.3 is 0 Å². The van der Waals surface area contributed by atoms with Crippen LogP contribution in [0.1, 0.15) is 18.9 Å². The second kappa shape index (κ2) is 6.68. The molecule has 1 fully saturated rings. The lowest BCUT2D eigenvalue weighted by Crippen LogP contribution is -2.34. The molecule has 2 unspecified atom stereocenters. The number of nitrogens with zero attached hydrogens (tertiary/aromatic N) is 1. The van der Waals surface area contributed by atoms with Crippen LogP contribution in [0.3, 0.4) is 0 Å². The summed E-state index contributed by atoms with van der Waals surface area (Å²) in [5.74, 6) is -0.102. The Balaban J connectivity index is 1.95. The molecule has 110 valence electrons. The van der Waals surface area contributed by atoms with Gasteiger partial charge in [-0.2, -0.15) is 0 Å². The van der Waals surface area contributed by atoms with Gasteiger partial charge in [-0.15, -0.1) is 0 Å². The predicted molar refractivity (Wildman–Crippen MR) is 78.7 cm³/mol. The molecular weight excluding hydrogens is 325 g/mol. The number of aliphatic hydroxyl groups excluding tert-OH is 1. The molecule has 0 bridgehead atoms. The first-order valence-corrected chi connectivity index (χ1v) is 7.64. The highest BCUT2D eigenvalue weighted by Gasteiger charge is 2.28. The second-order valence-corrected chi connectivity index (χ2v) is 6.33. The molecule has 1 amide bonds. The van der Waals surface area contributed by atoms with E-state index in [9.17, 15) is 9.18 Å². The molecule has 5 heteroatoms. The normalized spacial score (nSPS) is 20.2. The highest BCUT2D eigenvalue weighted by atomic mass is 79.9. The van der Waals surface area contributed by atoms with Crippen LogP contribution in [0, 0.1) is 17.7 Å². The fourth-order valence-corrected chi connectivity index (χ4v) is 3.03. The van der Waals surface area contributed by atoms with E-state index < -0.39 is 0 Å². The van der Waals surface area contributed by atoms with Crippen LogP contribution in [0.25, 0.3) is 0 Å². The monoisotopic (exact) mass is 343 g/mol. The maximum atomic E-state index is 13.2. The number of hydrogen-bond acceptors (Lipinski definition) is 2. The first kappa shape index (κ1) is 15.4. The van der Waals surface area contributed by atoms with Gasteiger partial charge < -0.3 is 10.0 Å². The van der Waals surface area contributed by atoms with Gasteiger partial charge in [0.25, 0.3) is 0 Å². The van der Waals surface area contributed by atoms with Gasteiger partial charge in [0, 0.05) is 31.5 Å². The number of carbonyl (C=O) groups is 1. The SMILES string of the molecule is CC(Cc1ccc(F)c(Br)c1)C(=O)N1CCC(CO)C1. The molecule has 1 heterocycles. The van der Waals surface area contributed by atoms with Crippen molar-refractivity contribution in [3.8, 4) is 0 Å².